The van der Waals surface area contributed by atoms with E-state index in [1.165, 1.54) is 24.2 Å². The van der Waals surface area contributed by atoms with E-state index in [9.17, 15) is 4.79 Å². The maximum absolute atomic E-state index is 12.4. The number of carbonyl (C=O) groups is 1. The van der Waals surface area contributed by atoms with E-state index in [-0.39, 0.29) is 5.97 Å². The molecule has 0 saturated heterocycles. The molecule has 7 heteroatoms. The van der Waals surface area contributed by atoms with Gasteiger partial charge in [-0.1, -0.05) is 12.1 Å². The highest BCUT2D eigenvalue weighted by Crippen LogP contribution is 2.36. The Hall–Kier alpha value is -2.80. The average Bonchev–Trinajstić information content (AvgIpc) is 3.31. The third-order valence-corrected chi connectivity index (χ3v) is 5.32. The van der Waals surface area contributed by atoms with Gasteiger partial charge in [-0.05, 0) is 43.9 Å². The van der Waals surface area contributed by atoms with Gasteiger partial charge in [0, 0.05) is 17.1 Å². The zero-order chi connectivity index (χ0) is 19.5. The van der Waals surface area contributed by atoms with Crippen LogP contribution in [-0.4, -0.2) is 35.7 Å². The fourth-order valence-electron chi connectivity index (χ4n) is 2.95. The Balaban J connectivity index is 1.68. The van der Waals surface area contributed by atoms with Crippen molar-refractivity contribution >= 4 is 34.4 Å². The molecule has 146 valence electrons. The summed E-state index contributed by atoms with van der Waals surface area (Å²) in [5, 5.41) is 1.89. The monoisotopic (exact) mass is 398 g/mol. The van der Waals surface area contributed by atoms with Crippen LogP contribution in [0, 0.1) is 5.92 Å². The van der Waals surface area contributed by atoms with Crippen LogP contribution >= 0.6 is 11.3 Å². The fourth-order valence-corrected chi connectivity index (χ4v) is 3.68. The topological polar surface area (TPSA) is 62.1 Å². The number of aromatic nitrogens is 2. The first-order chi connectivity index (χ1) is 13.7. The molecule has 0 radical (unpaired) electrons. The highest BCUT2D eigenvalue weighted by Gasteiger charge is 2.23. The summed E-state index contributed by atoms with van der Waals surface area (Å²) in [7, 11) is 1.63. The van der Waals surface area contributed by atoms with Crippen molar-refractivity contribution in [3.8, 4) is 11.5 Å². The summed E-state index contributed by atoms with van der Waals surface area (Å²) < 4.78 is 18.5. The molecule has 1 saturated carbocycles. The van der Waals surface area contributed by atoms with Crippen LogP contribution in [0.3, 0.4) is 0 Å². The summed E-state index contributed by atoms with van der Waals surface area (Å²) in [6.45, 7) is 2.79. The van der Waals surface area contributed by atoms with E-state index in [2.05, 4.69) is 4.98 Å². The van der Waals surface area contributed by atoms with E-state index >= 15 is 0 Å². The van der Waals surface area contributed by atoms with Gasteiger partial charge in [-0.25, -0.2) is 9.78 Å². The van der Waals surface area contributed by atoms with E-state index in [4.69, 9.17) is 14.2 Å². The summed E-state index contributed by atoms with van der Waals surface area (Å²) in [6, 6.07) is 5.76. The number of ether oxygens (including phenoxy) is 3. The Bertz CT molecular complexity index is 1020. The number of hydrogen-bond donors (Lipinski definition) is 0. The van der Waals surface area contributed by atoms with Gasteiger partial charge in [0.1, 0.15) is 0 Å². The van der Waals surface area contributed by atoms with Crippen LogP contribution in [0.25, 0.3) is 17.1 Å². The normalized spacial score (nSPS) is 13.9. The van der Waals surface area contributed by atoms with Gasteiger partial charge in [0.2, 0.25) is 0 Å². The molecule has 6 nitrogen and oxygen atoms in total. The van der Waals surface area contributed by atoms with Crippen LogP contribution in [0.15, 0.2) is 29.8 Å². The van der Waals surface area contributed by atoms with Gasteiger partial charge >= 0.3 is 5.97 Å². The summed E-state index contributed by atoms with van der Waals surface area (Å²) in [6.07, 6.45) is 7.99. The predicted octanol–water partition coefficient (Wildman–Crippen LogP) is 4.54. The zero-order valence-electron chi connectivity index (χ0n) is 15.9. The number of imidazole rings is 1. The molecule has 3 aromatic rings. The van der Waals surface area contributed by atoms with Crippen LogP contribution in [0.1, 0.15) is 41.5 Å². The van der Waals surface area contributed by atoms with E-state index in [0.717, 1.165) is 10.5 Å². The van der Waals surface area contributed by atoms with Gasteiger partial charge in [0.05, 0.1) is 26.0 Å². The van der Waals surface area contributed by atoms with E-state index in [1.54, 1.807) is 18.4 Å². The molecule has 0 amide bonds. The maximum atomic E-state index is 12.4. The molecule has 1 aliphatic rings. The Morgan fingerprint density at radius 3 is 2.96 bits per heavy atom. The number of para-hydroxylation sites is 1. The quantitative estimate of drug-likeness (QED) is 0.521. The minimum atomic E-state index is -0.385. The third kappa shape index (κ3) is 3.75. The highest BCUT2D eigenvalue weighted by molar-refractivity contribution is 7.15. The Morgan fingerprint density at radius 1 is 1.36 bits per heavy atom. The number of benzene rings is 1. The maximum Gasteiger partial charge on any atom is 0.357 e. The molecule has 2 aromatic heterocycles. The number of methoxy groups -OCH3 is 1. The molecule has 1 aromatic carbocycles. The smallest absolute Gasteiger partial charge is 0.357 e. The fraction of sp³-hybridized carbons (Fsp3) is 0.333. The molecule has 1 fully saturated rings. The van der Waals surface area contributed by atoms with Crippen molar-refractivity contribution in [1.29, 1.82) is 0 Å². The second kappa shape index (κ2) is 8.06. The van der Waals surface area contributed by atoms with Crippen molar-refractivity contribution in [2.75, 3.05) is 20.3 Å². The lowest BCUT2D eigenvalue weighted by atomic mass is 10.1. The number of thiazole rings is 1. The molecule has 0 aliphatic heterocycles. The van der Waals surface area contributed by atoms with Crippen molar-refractivity contribution in [2.45, 2.75) is 19.8 Å². The Kier molecular flexibility index (Phi) is 5.34. The molecule has 4 rings (SSSR count). The lowest BCUT2D eigenvalue weighted by molar-refractivity contribution is 0.0518. The van der Waals surface area contributed by atoms with Gasteiger partial charge in [-0.2, -0.15) is 0 Å². The molecule has 1 aliphatic carbocycles. The number of nitrogens with zero attached hydrogens (tertiary/aromatic N) is 2. The molecule has 0 bridgehead atoms. The second-order valence-electron chi connectivity index (χ2n) is 6.59. The van der Waals surface area contributed by atoms with Gasteiger partial charge in [-0.15, -0.1) is 11.3 Å². The Labute approximate surface area is 167 Å². The van der Waals surface area contributed by atoms with E-state index < -0.39 is 0 Å². The molecule has 0 spiro atoms. The minimum absolute atomic E-state index is 0.314. The first kappa shape index (κ1) is 18.6. The molecule has 0 unspecified atom stereocenters. The number of hydrogen-bond acceptors (Lipinski definition) is 6. The molecular weight excluding hydrogens is 376 g/mol. The Morgan fingerprint density at radius 2 is 2.21 bits per heavy atom. The summed E-state index contributed by atoms with van der Waals surface area (Å²) in [5.41, 5.74) is 1.88. The van der Waals surface area contributed by atoms with Gasteiger partial charge in [-0.3, -0.25) is 4.40 Å². The second-order valence-corrected chi connectivity index (χ2v) is 7.46. The average molecular weight is 398 g/mol. The number of fused-ring (bicyclic) bond motifs is 1. The molecule has 28 heavy (non-hydrogen) atoms. The molecule has 2 heterocycles. The van der Waals surface area contributed by atoms with Crippen LogP contribution in [0.2, 0.25) is 0 Å². The highest BCUT2D eigenvalue weighted by atomic mass is 32.1. The molecule has 0 atom stereocenters. The standard InChI is InChI=1S/C21H22N2O4S/c1-3-26-20(24)18-16(22-21-23(18)11-12-28-21)10-9-15-5-4-6-17(25-2)19(15)27-13-14-7-8-14/h4-6,9-12,14H,3,7-8,13H2,1-2H3. The number of carbonyl (C=O) groups excluding carboxylic acids is 1. The van der Waals surface area contributed by atoms with E-state index in [1.807, 2.05) is 41.9 Å². The summed E-state index contributed by atoms with van der Waals surface area (Å²) in [5.74, 6) is 1.66. The van der Waals surface area contributed by atoms with Crippen molar-refractivity contribution in [2.24, 2.45) is 5.92 Å². The van der Waals surface area contributed by atoms with Crippen molar-refractivity contribution < 1.29 is 19.0 Å². The predicted molar refractivity (Wildman–Crippen MR) is 109 cm³/mol. The zero-order valence-corrected chi connectivity index (χ0v) is 16.7. The van der Waals surface area contributed by atoms with Crippen LogP contribution in [-0.2, 0) is 4.74 Å². The third-order valence-electron chi connectivity index (χ3n) is 4.57. The SMILES string of the molecule is CCOC(=O)c1c(C=Cc2cccc(OC)c2OCC2CC2)nc2sccn12. The first-order valence-electron chi connectivity index (χ1n) is 9.31. The minimum Gasteiger partial charge on any atom is -0.493 e. The van der Waals surface area contributed by atoms with Crippen molar-refractivity contribution in [3.63, 3.8) is 0 Å². The number of rotatable bonds is 8. The van der Waals surface area contributed by atoms with Crippen LogP contribution in [0.4, 0.5) is 0 Å². The first-order valence-corrected chi connectivity index (χ1v) is 10.2. The van der Waals surface area contributed by atoms with Gasteiger partial charge in [0.25, 0.3) is 0 Å². The lowest BCUT2D eigenvalue weighted by Crippen LogP contribution is -2.08. The number of esters is 1. The van der Waals surface area contributed by atoms with Crippen molar-refractivity contribution in [3.05, 3.63) is 46.7 Å². The summed E-state index contributed by atoms with van der Waals surface area (Å²) >= 11 is 1.47. The van der Waals surface area contributed by atoms with E-state index in [0.29, 0.717) is 42.0 Å². The van der Waals surface area contributed by atoms with Crippen molar-refractivity contribution in [1.82, 2.24) is 9.38 Å². The largest absolute Gasteiger partial charge is 0.493 e. The van der Waals surface area contributed by atoms with Crippen LogP contribution in [0.5, 0.6) is 11.5 Å². The van der Waals surface area contributed by atoms with Gasteiger partial charge < -0.3 is 14.2 Å². The molecular formula is C21H22N2O4S. The van der Waals surface area contributed by atoms with Crippen LogP contribution < -0.4 is 9.47 Å². The lowest BCUT2D eigenvalue weighted by Gasteiger charge is -2.13. The summed E-state index contributed by atoms with van der Waals surface area (Å²) in [4.78, 5) is 17.8. The van der Waals surface area contributed by atoms with Gasteiger partial charge in [0.15, 0.2) is 22.2 Å². The molecule has 0 N–H and O–H groups in total.